The quantitative estimate of drug-likeness (QED) is 0.0523. The van der Waals surface area contributed by atoms with E-state index < -0.39 is 80.6 Å². The molecule has 0 atom stereocenters. The number of rotatable bonds is 7. The van der Waals surface area contributed by atoms with Crippen LogP contribution in [0.15, 0.2) is 313 Å². The van der Waals surface area contributed by atoms with E-state index in [1.807, 2.05) is 13.0 Å². The number of benzene rings is 16. The normalized spacial score (nSPS) is 11.7. The Morgan fingerprint density at radius 1 is 0.193 bits per heavy atom. The van der Waals surface area contributed by atoms with Crippen LogP contribution in [0.2, 0.25) is 0 Å². The average Bonchev–Trinajstić information content (AvgIpc) is 0.799. The summed E-state index contributed by atoms with van der Waals surface area (Å²) in [6.45, 7) is 1.92. The molecule has 0 aromatic heterocycles. The van der Waals surface area contributed by atoms with Gasteiger partial charge in [0.15, 0.2) is 11.5 Å². The molecule has 16 aromatic rings. The third kappa shape index (κ3) is 23.4. The Kier molecular flexibility index (Phi) is 27.4. The van der Waals surface area contributed by atoms with E-state index in [1.165, 1.54) is 133 Å². The van der Waals surface area contributed by atoms with E-state index in [0.717, 1.165) is 40.6 Å². The molecule has 0 heterocycles. The molecular formula is C81H59O31S7-7. The van der Waals surface area contributed by atoms with Crippen LogP contribution in [0.25, 0.3) is 86.2 Å². The van der Waals surface area contributed by atoms with Crippen LogP contribution in [0, 0.1) is 6.92 Å². The van der Waals surface area contributed by atoms with Crippen LogP contribution in [-0.4, -0.2) is 142 Å². The van der Waals surface area contributed by atoms with E-state index in [-0.39, 0.29) is 98.1 Å². The molecule has 0 saturated heterocycles. The molecule has 10 N–H and O–H groups in total. The third-order valence-corrected chi connectivity index (χ3v) is 22.9. The second-order valence-corrected chi connectivity index (χ2v) is 34.7. The first-order valence-electron chi connectivity index (χ1n) is 33.3. The molecule has 119 heavy (non-hydrogen) atoms. The summed E-state index contributed by atoms with van der Waals surface area (Å²) in [5, 5.41) is 102. The van der Waals surface area contributed by atoms with Crippen LogP contribution in [0.5, 0.6) is 57.5 Å². The van der Waals surface area contributed by atoms with Gasteiger partial charge in [-0.1, -0.05) is 133 Å². The van der Waals surface area contributed by atoms with Gasteiger partial charge in [0, 0.05) is 37.7 Å². The lowest BCUT2D eigenvalue weighted by Gasteiger charge is -2.11. The lowest BCUT2D eigenvalue weighted by molar-refractivity contribution is 0.405. The van der Waals surface area contributed by atoms with Gasteiger partial charge < -0.3 is 82.9 Å². The van der Waals surface area contributed by atoms with E-state index in [1.54, 1.807) is 115 Å². The van der Waals surface area contributed by atoms with Gasteiger partial charge in [0.2, 0.25) is 0 Å². The van der Waals surface area contributed by atoms with Crippen molar-refractivity contribution in [1.29, 1.82) is 0 Å². The summed E-state index contributed by atoms with van der Waals surface area (Å²) in [5.74, 6) is -0.720. The molecule has 31 nitrogen and oxygen atoms in total. The highest BCUT2D eigenvalue weighted by molar-refractivity contribution is 7.87. The lowest BCUT2D eigenvalue weighted by atomic mass is 10.1. The summed E-state index contributed by atoms with van der Waals surface area (Å²) in [4.78, 5) is -2.38. The number of hydrogen-bond donors (Lipinski definition) is 10. The van der Waals surface area contributed by atoms with Gasteiger partial charge in [-0.2, -0.15) is 0 Å². The molecule has 0 unspecified atom stereocenters. The zero-order valence-electron chi connectivity index (χ0n) is 60.5. The Morgan fingerprint density at radius 3 is 1.11 bits per heavy atom. The Hall–Kier alpha value is -13.0. The fourth-order valence-corrected chi connectivity index (χ4v) is 15.6. The second-order valence-electron chi connectivity index (χ2n) is 25.2. The van der Waals surface area contributed by atoms with Gasteiger partial charge in [-0.05, 0) is 207 Å². The number of aromatic hydroxyl groups is 10. The first-order valence-corrected chi connectivity index (χ1v) is 43.2. The van der Waals surface area contributed by atoms with Crippen LogP contribution in [-0.2, 0) is 70.8 Å². The highest BCUT2D eigenvalue weighted by Gasteiger charge is 2.15. The van der Waals surface area contributed by atoms with Gasteiger partial charge in [0.05, 0.1) is 34.3 Å². The molecular weight excluding hydrogens is 1690 g/mol. The summed E-state index contributed by atoms with van der Waals surface area (Å²) in [7, 11) is -31.5. The molecule has 0 radical (unpaired) electrons. The lowest BCUT2D eigenvalue weighted by Crippen LogP contribution is -1.99. The molecule has 0 bridgehead atoms. The monoisotopic (exact) mass is 1750 g/mol. The summed E-state index contributed by atoms with van der Waals surface area (Å²) in [6, 6.07) is 66.9. The Balaban J connectivity index is 0.000000155. The summed E-state index contributed by atoms with van der Waals surface area (Å²) in [5.41, 5.74) is 1.01. The number of fused-ring (bicyclic) bond motifs is 8. The third-order valence-electron chi connectivity index (χ3n) is 16.9. The Bertz CT molecular complexity index is 7380. The van der Waals surface area contributed by atoms with Gasteiger partial charge >= 0.3 is 0 Å². The van der Waals surface area contributed by atoms with Crippen molar-refractivity contribution < 1.29 is 142 Å². The van der Waals surface area contributed by atoms with E-state index in [9.17, 15) is 142 Å². The minimum Gasteiger partial charge on any atom is -0.744 e. The van der Waals surface area contributed by atoms with E-state index in [4.69, 9.17) is 0 Å². The predicted octanol–water partition coefficient (Wildman–Crippen LogP) is 12.4. The molecule has 0 aliphatic carbocycles. The SMILES string of the molecule is Cc1cc(O)c2cc(O)ccc2c1.O=S(=O)([O-])c1cc(O)c2ccccc2c1.O=S(=O)([O-])c1ccc(O)c2ccccc12.O=S(=O)([O-])c1ccc2c(O)cccc2c1.O=S(=O)([O-])c1ccc2cc(O)c(O)cc2c1.O=S(=O)([O-])c1ccc2ccc(O)cc2c1.O=S(=O)([O-])c1cccc2ccc(O)cc12.O=S(=O)([O-])c1cccc2cccc(O)c12. The predicted molar refractivity (Wildman–Crippen MR) is 429 cm³/mol. The Labute approximate surface area is 677 Å². The molecule has 0 saturated carbocycles. The van der Waals surface area contributed by atoms with E-state index in [0.29, 0.717) is 59.2 Å². The largest absolute Gasteiger partial charge is 0.744 e. The van der Waals surface area contributed by atoms with Crippen molar-refractivity contribution in [3.8, 4) is 57.5 Å². The molecule has 618 valence electrons. The van der Waals surface area contributed by atoms with Gasteiger partial charge in [0.25, 0.3) is 0 Å². The molecule has 16 aromatic carbocycles. The molecule has 0 fully saturated rings. The standard InChI is InChI=1S/C11H10O2.C10H8O5S.6C10H8O4S/c1-7-4-8-2-3-9(12)6-10(8)11(13)5-7;11-9-4-6-1-2-8(16(13,14)15)3-7(6)5-10(9)12;11-9-3-1-7-2-4-10(15(12,13)14)6-8(7)5-9;11-8-5-1-3-7-4-2-6-9(10(7)8)15(12,13)14;11-10-3-1-2-7-6-8(15(12,13)14)4-5-9(7)10;11-8-5-4-7-2-1-3-10(9(7)6-8)15(12,13)14;11-10-6-8(15(12,13)14)5-7-3-1-2-4-9(7)10;11-9-5-6-10(15(12,13)14)8-4-2-1-3-7(8)9/h2-6,12-13H,1H3;1-5,11-12H,(H,13,14,15);6*1-6,11H,(H,12,13,14)/p-7. The van der Waals surface area contributed by atoms with E-state index >= 15 is 0 Å². The van der Waals surface area contributed by atoms with Crippen LogP contribution in [0.1, 0.15) is 5.56 Å². The fraction of sp³-hybridized carbons (Fsp3) is 0.0123. The molecule has 0 amide bonds. The van der Waals surface area contributed by atoms with Gasteiger partial charge in [-0.15, -0.1) is 0 Å². The molecule has 0 aliphatic heterocycles. The van der Waals surface area contributed by atoms with Crippen LogP contribution in [0.3, 0.4) is 0 Å². The van der Waals surface area contributed by atoms with Crippen molar-refractivity contribution in [1.82, 2.24) is 0 Å². The number of hydrogen-bond acceptors (Lipinski definition) is 31. The molecule has 38 heteroatoms. The van der Waals surface area contributed by atoms with Crippen molar-refractivity contribution in [3.05, 3.63) is 285 Å². The van der Waals surface area contributed by atoms with E-state index in [2.05, 4.69) is 0 Å². The number of aryl methyl sites for hydroxylation is 1. The van der Waals surface area contributed by atoms with Crippen LogP contribution < -0.4 is 0 Å². The van der Waals surface area contributed by atoms with Gasteiger partial charge in [-0.3, -0.25) is 0 Å². The highest BCUT2D eigenvalue weighted by Crippen LogP contribution is 2.36. The zero-order chi connectivity index (χ0) is 87.7. The molecule has 0 aliphatic rings. The summed E-state index contributed by atoms with van der Waals surface area (Å²) in [6.07, 6.45) is 0. The minimum atomic E-state index is -4.56. The van der Waals surface area contributed by atoms with Crippen LogP contribution in [0.4, 0.5) is 0 Å². The van der Waals surface area contributed by atoms with Crippen LogP contribution >= 0.6 is 0 Å². The summed E-state index contributed by atoms with van der Waals surface area (Å²) < 4.78 is 227. The van der Waals surface area contributed by atoms with Gasteiger partial charge in [-0.25, -0.2) is 58.9 Å². The minimum absolute atomic E-state index is 0.0305. The first-order chi connectivity index (χ1) is 55.5. The maximum absolute atomic E-state index is 10.9. The second kappa shape index (κ2) is 36.2. The topological polar surface area (TPSA) is 603 Å². The van der Waals surface area contributed by atoms with Gasteiger partial charge in [0.1, 0.15) is 117 Å². The maximum Gasteiger partial charge on any atom is 0.158 e. The molecule has 16 rings (SSSR count). The number of phenols is 10. The number of phenolic OH excluding ortho intramolecular Hbond substituents is 10. The Morgan fingerprint density at radius 2 is 0.555 bits per heavy atom. The molecule has 0 spiro atoms. The van der Waals surface area contributed by atoms with Crippen molar-refractivity contribution in [2.24, 2.45) is 0 Å². The average molecular weight is 1750 g/mol. The van der Waals surface area contributed by atoms with Crippen molar-refractivity contribution >= 4 is 157 Å². The van der Waals surface area contributed by atoms with Crippen molar-refractivity contribution in [3.63, 3.8) is 0 Å². The summed E-state index contributed by atoms with van der Waals surface area (Å²) >= 11 is 0. The smallest absolute Gasteiger partial charge is 0.158 e. The maximum atomic E-state index is 10.9. The van der Waals surface area contributed by atoms with Crippen molar-refractivity contribution in [2.75, 3.05) is 0 Å². The highest BCUT2D eigenvalue weighted by atomic mass is 32.2. The first kappa shape index (κ1) is 89.9. The fourth-order valence-electron chi connectivity index (χ4n) is 11.5. The van der Waals surface area contributed by atoms with Crippen molar-refractivity contribution in [2.45, 2.75) is 41.2 Å². The zero-order valence-corrected chi connectivity index (χ0v) is 66.2.